The molecule has 4 aliphatic rings. The van der Waals surface area contributed by atoms with Gasteiger partial charge in [-0.1, -0.05) is 59.5 Å². The zero-order valence-corrected chi connectivity index (χ0v) is 19.9. The van der Waals surface area contributed by atoms with E-state index in [-0.39, 0.29) is 29.0 Å². The van der Waals surface area contributed by atoms with E-state index in [0.717, 1.165) is 43.6 Å². The number of allylic oxidation sites excluding steroid dienone is 1. The van der Waals surface area contributed by atoms with Crippen molar-refractivity contribution in [3.8, 4) is 0 Å². The van der Waals surface area contributed by atoms with Crippen LogP contribution in [0.25, 0.3) is 0 Å². The van der Waals surface area contributed by atoms with E-state index in [1.807, 2.05) is 0 Å². The largest absolute Gasteiger partial charge is 0.393 e. The second-order valence-corrected chi connectivity index (χ2v) is 12.3. The van der Waals surface area contributed by atoms with E-state index < -0.39 is 0 Å². The number of Topliss-reactive ketones (excluding diaryl/α,β-unsaturated/α-hetero) is 1. The lowest BCUT2D eigenvalue weighted by Gasteiger charge is -2.57. The monoisotopic (exact) mass is 416 g/mol. The number of carbonyl (C=O) groups excluding carboxylic acids is 1. The summed E-state index contributed by atoms with van der Waals surface area (Å²) in [4.78, 5) is 13.4. The molecule has 3 fully saturated rings. The van der Waals surface area contributed by atoms with E-state index in [9.17, 15) is 15.0 Å². The number of aliphatic hydroxyl groups is 2. The molecule has 4 rings (SSSR count). The van der Waals surface area contributed by atoms with E-state index in [1.54, 1.807) is 0 Å². The van der Waals surface area contributed by atoms with Crippen LogP contribution >= 0.6 is 0 Å². The van der Waals surface area contributed by atoms with E-state index in [1.165, 1.54) is 24.8 Å². The summed E-state index contributed by atoms with van der Waals surface area (Å²) in [5, 5.41) is 21.6. The van der Waals surface area contributed by atoms with Gasteiger partial charge in [0, 0.05) is 12.0 Å². The zero-order chi connectivity index (χ0) is 21.8. The Labute approximate surface area is 183 Å². The second-order valence-electron chi connectivity index (χ2n) is 12.3. The fourth-order valence-electron chi connectivity index (χ4n) is 8.39. The minimum absolute atomic E-state index is 0.0175. The molecule has 0 aliphatic heterocycles. The molecular weight excluding hydrogens is 372 g/mol. The minimum atomic E-state index is -0.362. The number of hydrogen-bond donors (Lipinski definition) is 2. The molecular formula is C27H44O3. The average Bonchev–Trinajstić information content (AvgIpc) is 2.92. The van der Waals surface area contributed by atoms with Gasteiger partial charge in [0.1, 0.15) is 0 Å². The molecule has 2 N–H and O–H groups in total. The Balaban J connectivity index is 1.64. The molecule has 2 unspecified atom stereocenters. The van der Waals surface area contributed by atoms with Crippen molar-refractivity contribution in [2.75, 3.05) is 0 Å². The van der Waals surface area contributed by atoms with Crippen LogP contribution < -0.4 is 0 Å². The Morgan fingerprint density at radius 2 is 1.77 bits per heavy atom. The first-order valence-electron chi connectivity index (χ1n) is 12.7. The van der Waals surface area contributed by atoms with E-state index in [0.29, 0.717) is 36.4 Å². The average molecular weight is 417 g/mol. The van der Waals surface area contributed by atoms with Crippen LogP contribution in [0.4, 0.5) is 0 Å². The number of hydrogen-bond acceptors (Lipinski definition) is 3. The highest BCUT2D eigenvalue weighted by Gasteiger charge is 2.59. The Bertz CT molecular complexity index is 709. The minimum Gasteiger partial charge on any atom is -0.393 e. The summed E-state index contributed by atoms with van der Waals surface area (Å²) in [5.74, 6) is 2.75. The van der Waals surface area contributed by atoms with Crippen molar-refractivity contribution in [1.29, 1.82) is 0 Å². The summed E-state index contributed by atoms with van der Waals surface area (Å²) >= 11 is 0. The molecule has 8 atom stereocenters. The Kier molecular flexibility index (Phi) is 6.03. The predicted octanol–water partition coefficient (Wildman–Crippen LogP) is 5.68. The Hall–Kier alpha value is -0.670. The van der Waals surface area contributed by atoms with Crippen LogP contribution in [-0.4, -0.2) is 28.2 Å². The first-order chi connectivity index (χ1) is 14.1. The maximum absolute atomic E-state index is 13.4. The summed E-state index contributed by atoms with van der Waals surface area (Å²) in [5.41, 5.74) is 2.31. The fraction of sp³-hybridized carbons (Fsp3) is 0.889. The van der Waals surface area contributed by atoms with Crippen molar-refractivity contribution in [2.45, 2.75) is 111 Å². The van der Waals surface area contributed by atoms with Gasteiger partial charge in [-0.3, -0.25) is 4.79 Å². The predicted molar refractivity (Wildman–Crippen MR) is 121 cm³/mol. The van der Waals surface area contributed by atoms with Crippen LogP contribution in [0.2, 0.25) is 0 Å². The molecule has 0 aromatic carbocycles. The number of rotatable bonds is 5. The molecule has 0 spiro atoms. The van der Waals surface area contributed by atoms with Crippen LogP contribution in [0.15, 0.2) is 11.1 Å². The van der Waals surface area contributed by atoms with Gasteiger partial charge < -0.3 is 10.2 Å². The first-order valence-corrected chi connectivity index (χ1v) is 12.7. The van der Waals surface area contributed by atoms with Gasteiger partial charge in [0.15, 0.2) is 5.78 Å². The molecule has 0 aromatic rings. The SMILES string of the molecule is CC(C)CCC[C@@H](C)[C@H]1CC(=O)C2=C3CC(O)[C@H]4CCC(O)C[C@]4(C)[C@H]3CC[C@@]21C. The van der Waals surface area contributed by atoms with Crippen molar-refractivity contribution in [2.24, 2.45) is 40.4 Å². The number of fused-ring (bicyclic) bond motifs is 4. The maximum Gasteiger partial charge on any atom is 0.159 e. The van der Waals surface area contributed by atoms with Crippen LogP contribution in [0, 0.1) is 40.4 Å². The standard InChI is InChI=1S/C27H44O3/c1-16(2)7-6-8-17(3)22-14-24(30)25-19-13-23(29)21-10-9-18(28)15-27(21,5)20(19)11-12-26(22,25)4/h16-18,20-23,28-29H,6-15H2,1-5H3/t17-,18?,20+,21-,22-,23?,26-,27-/m1/s1. The lowest BCUT2D eigenvalue weighted by Crippen LogP contribution is -2.53. The van der Waals surface area contributed by atoms with Crippen LogP contribution in [-0.2, 0) is 4.79 Å². The van der Waals surface area contributed by atoms with Crippen LogP contribution in [0.1, 0.15) is 98.8 Å². The smallest absolute Gasteiger partial charge is 0.159 e. The molecule has 0 bridgehead atoms. The quantitative estimate of drug-likeness (QED) is 0.606. The molecule has 4 aliphatic carbocycles. The zero-order valence-electron chi connectivity index (χ0n) is 19.9. The molecule has 3 saturated carbocycles. The van der Waals surface area contributed by atoms with Gasteiger partial charge in [-0.25, -0.2) is 0 Å². The lowest BCUT2D eigenvalue weighted by atomic mass is 9.48. The highest BCUT2D eigenvalue weighted by atomic mass is 16.3. The van der Waals surface area contributed by atoms with E-state index >= 15 is 0 Å². The van der Waals surface area contributed by atoms with Crippen LogP contribution in [0.3, 0.4) is 0 Å². The first kappa shape index (κ1) is 22.5. The van der Waals surface area contributed by atoms with Gasteiger partial charge in [0.25, 0.3) is 0 Å². The normalized spacial score (nSPS) is 44.7. The number of carbonyl (C=O) groups is 1. The van der Waals surface area contributed by atoms with E-state index in [4.69, 9.17) is 0 Å². The molecule has 3 heteroatoms. The van der Waals surface area contributed by atoms with Crippen molar-refractivity contribution >= 4 is 5.78 Å². The molecule has 30 heavy (non-hydrogen) atoms. The summed E-state index contributed by atoms with van der Waals surface area (Å²) in [6, 6.07) is 0. The third-order valence-corrected chi connectivity index (χ3v) is 9.92. The van der Waals surface area contributed by atoms with E-state index in [2.05, 4.69) is 34.6 Å². The molecule has 0 saturated heterocycles. The molecule has 170 valence electrons. The number of aliphatic hydroxyl groups excluding tert-OH is 2. The third-order valence-electron chi connectivity index (χ3n) is 9.92. The van der Waals surface area contributed by atoms with Gasteiger partial charge in [-0.2, -0.15) is 0 Å². The fourth-order valence-corrected chi connectivity index (χ4v) is 8.39. The topological polar surface area (TPSA) is 57.5 Å². The van der Waals surface area contributed by atoms with Crippen molar-refractivity contribution in [1.82, 2.24) is 0 Å². The molecule has 3 nitrogen and oxygen atoms in total. The maximum atomic E-state index is 13.4. The highest BCUT2D eigenvalue weighted by Crippen LogP contribution is 2.65. The summed E-state index contributed by atoms with van der Waals surface area (Å²) in [7, 11) is 0. The van der Waals surface area contributed by atoms with Crippen molar-refractivity contribution in [3.63, 3.8) is 0 Å². The summed E-state index contributed by atoms with van der Waals surface area (Å²) < 4.78 is 0. The highest BCUT2D eigenvalue weighted by molar-refractivity contribution is 6.00. The molecule has 0 radical (unpaired) electrons. The van der Waals surface area contributed by atoms with Gasteiger partial charge in [-0.05, 0) is 78.9 Å². The third kappa shape index (κ3) is 3.52. The van der Waals surface area contributed by atoms with Crippen molar-refractivity contribution in [3.05, 3.63) is 11.1 Å². The van der Waals surface area contributed by atoms with Crippen molar-refractivity contribution < 1.29 is 15.0 Å². The lowest BCUT2D eigenvalue weighted by molar-refractivity contribution is -0.116. The molecule has 0 heterocycles. The van der Waals surface area contributed by atoms with Gasteiger partial charge in [-0.15, -0.1) is 0 Å². The summed E-state index contributed by atoms with van der Waals surface area (Å²) in [6.45, 7) is 11.6. The molecule has 0 amide bonds. The Morgan fingerprint density at radius 1 is 1.03 bits per heavy atom. The van der Waals surface area contributed by atoms with Crippen LogP contribution in [0.5, 0.6) is 0 Å². The number of ketones is 1. The second kappa shape index (κ2) is 8.03. The van der Waals surface area contributed by atoms with Gasteiger partial charge in [0.2, 0.25) is 0 Å². The Morgan fingerprint density at radius 3 is 2.47 bits per heavy atom. The summed E-state index contributed by atoms with van der Waals surface area (Å²) in [6.07, 6.45) is 9.21. The van der Waals surface area contributed by atoms with Gasteiger partial charge >= 0.3 is 0 Å². The van der Waals surface area contributed by atoms with Gasteiger partial charge in [0.05, 0.1) is 12.2 Å². The molecule has 0 aromatic heterocycles.